The van der Waals surface area contributed by atoms with E-state index in [9.17, 15) is 9.59 Å². The van der Waals surface area contributed by atoms with Crippen molar-refractivity contribution in [1.82, 2.24) is 5.32 Å². The van der Waals surface area contributed by atoms with Crippen molar-refractivity contribution in [3.05, 3.63) is 95.6 Å². The predicted octanol–water partition coefficient (Wildman–Crippen LogP) is 4.13. The molecule has 3 amide bonds. The summed E-state index contributed by atoms with van der Waals surface area (Å²) in [5.41, 5.74) is 2.88. The summed E-state index contributed by atoms with van der Waals surface area (Å²) >= 11 is 0. The van der Waals surface area contributed by atoms with E-state index in [0.717, 1.165) is 5.56 Å². The molecule has 0 aliphatic carbocycles. The van der Waals surface area contributed by atoms with E-state index < -0.39 is 0 Å². The smallest absolute Gasteiger partial charge is 0.319 e. The molecule has 0 aromatic heterocycles. The normalized spacial score (nSPS) is 9.82. The number of nitrogens with zero attached hydrogens (tertiary/aromatic N) is 1. The third kappa shape index (κ3) is 5.19. The molecule has 3 aromatic carbocycles. The fourth-order valence-electron chi connectivity index (χ4n) is 2.56. The third-order valence-corrected chi connectivity index (χ3v) is 3.93. The number of amides is 3. The van der Waals surface area contributed by atoms with E-state index in [0.29, 0.717) is 29.0 Å². The Hall–Kier alpha value is -4.11. The van der Waals surface area contributed by atoms with Gasteiger partial charge in [-0.2, -0.15) is 5.26 Å². The van der Waals surface area contributed by atoms with Crippen molar-refractivity contribution in [2.45, 2.75) is 6.54 Å². The lowest BCUT2D eigenvalue weighted by atomic mass is 10.1. The van der Waals surface area contributed by atoms with Crippen LogP contribution in [-0.4, -0.2) is 11.9 Å². The van der Waals surface area contributed by atoms with Gasteiger partial charge in [0.05, 0.1) is 11.6 Å². The maximum absolute atomic E-state index is 12.4. The zero-order chi connectivity index (χ0) is 19.8. The lowest BCUT2D eigenvalue weighted by Crippen LogP contribution is -2.28. The Morgan fingerprint density at radius 2 is 1.54 bits per heavy atom. The van der Waals surface area contributed by atoms with Crippen LogP contribution in [0.4, 0.5) is 16.2 Å². The van der Waals surface area contributed by atoms with Crippen LogP contribution in [0.15, 0.2) is 78.9 Å². The molecule has 3 aromatic rings. The number of carbonyl (C=O) groups excluding carboxylic acids is 2. The highest BCUT2D eigenvalue weighted by Gasteiger charge is 2.09. The van der Waals surface area contributed by atoms with E-state index in [1.54, 1.807) is 48.5 Å². The van der Waals surface area contributed by atoms with Gasteiger partial charge in [-0.25, -0.2) is 4.79 Å². The van der Waals surface area contributed by atoms with Gasteiger partial charge < -0.3 is 16.0 Å². The van der Waals surface area contributed by atoms with Crippen molar-refractivity contribution >= 4 is 23.3 Å². The van der Waals surface area contributed by atoms with Gasteiger partial charge in [0.15, 0.2) is 0 Å². The molecule has 0 spiro atoms. The molecule has 0 heterocycles. The molecule has 0 unspecified atom stereocenters. The van der Waals surface area contributed by atoms with Crippen molar-refractivity contribution in [2.24, 2.45) is 0 Å². The molecular weight excluding hydrogens is 352 g/mol. The fraction of sp³-hybridized carbons (Fsp3) is 0.0455. The maximum Gasteiger partial charge on any atom is 0.319 e. The Labute approximate surface area is 162 Å². The van der Waals surface area contributed by atoms with Crippen LogP contribution in [0, 0.1) is 11.3 Å². The molecule has 0 saturated carbocycles. The van der Waals surface area contributed by atoms with Crippen LogP contribution >= 0.6 is 0 Å². The van der Waals surface area contributed by atoms with E-state index >= 15 is 0 Å². The standard InChI is InChI=1S/C22H18N4O2/c23-14-17-8-4-10-19(12-17)25-21(27)18-9-5-11-20(13-18)26-22(28)24-15-16-6-2-1-3-7-16/h1-13H,15H2,(H,25,27)(H2,24,26,28). The van der Waals surface area contributed by atoms with Gasteiger partial charge in [-0.1, -0.05) is 42.5 Å². The molecule has 6 nitrogen and oxygen atoms in total. The van der Waals surface area contributed by atoms with Crippen LogP contribution < -0.4 is 16.0 Å². The quantitative estimate of drug-likeness (QED) is 0.630. The summed E-state index contributed by atoms with van der Waals surface area (Å²) in [4.78, 5) is 24.5. The molecule has 6 heteroatoms. The third-order valence-electron chi connectivity index (χ3n) is 3.93. The highest BCUT2D eigenvalue weighted by atomic mass is 16.2. The number of hydrogen-bond acceptors (Lipinski definition) is 3. The minimum absolute atomic E-state index is 0.330. The van der Waals surface area contributed by atoms with Crippen molar-refractivity contribution in [2.75, 3.05) is 10.6 Å². The highest BCUT2D eigenvalue weighted by Crippen LogP contribution is 2.15. The number of urea groups is 1. The molecule has 3 N–H and O–H groups in total. The number of carbonyl (C=O) groups is 2. The van der Waals surface area contributed by atoms with E-state index in [4.69, 9.17) is 5.26 Å². The maximum atomic E-state index is 12.4. The molecule has 3 rings (SSSR count). The number of hydrogen-bond donors (Lipinski definition) is 3. The number of benzene rings is 3. The zero-order valence-electron chi connectivity index (χ0n) is 15.0. The molecular formula is C22H18N4O2. The van der Waals surface area contributed by atoms with Gasteiger partial charge in [0, 0.05) is 23.5 Å². The number of anilines is 2. The van der Waals surface area contributed by atoms with Crippen LogP contribution in [0.1, 0.15) is 21.5 Å². The lowest BCUT2D eigenvalue weighted by Gasteiger charge is -2.10. The van der Waals surface area contributed by atoms with Crippen LogP contribution in [0.5, 0.6) is 0 Å². The van der Waals surface area contributed by atoms with Gasteiger partial charge in [0.25, 0.3) is 5.91 Å². The second kappa shape index (κ2) is 9.01. The topological polar surface area (TPSA) is 94.0 Å². The van der Waals surface area contributed by atoms with Crippen LogP contribution in [0.25, 0.3) is 0 Å². The number of nitrogens with one attached hydrogen (secondary N) is 3. The van der Waals surface area contributed by atoms with Gasteiger partial charge in [0.1, 0.15) is 0 Å². The first-order chi connectivity index (χ1) is 13.6. The number of nitriles is 1. The molecule has 0 aliphatic rings. The van der Waals surface area contributed by atoms with E-state index in [1.165, 1.54) is 0 Å². The zero-order valence-corrected chi connectivity index (χ0v) is 15.0. The summed E-state index contributed by atoms with van der Waals surface area (Å²) in [6.45, 7) is 0.405. The fourth-order valence-corrected chi connectivity index (χ4v) is 2.56. The lowest BCUT2D eigenvalue weighted by molar-refractivity contribution is 0.102. The Kier molecular flexibility index (Phi) is 6.01. The molecule has 0 aliphatic heterocycles. The second-order valence-electron chi connectivity index (χ2n) is 6.02. The monoisotopic (exact) mass is 370 g/mol. The van der Waals surface area contributed by atoms with Crippen LogP contribution in [0.2, 0.25) is 0 Å². The average molecular weight is 370 g/mol. The Bertz CT molecular complexity index is 1030. The van der Waals surface area contributed by atoms with Crippen molar-refractivity contribution < 1.29 is 9.59 Å². The van der Waals surface area contributed by atoms with Gasteiger partial charge >= 0.3 is 6.03 Å². The second-order valence-corrected chi connectivity index (χ2v) is 6.02. The summed E-state index contributed by atoms with van der Waals surface area (Å²) in [5, 5.41) is 17.2. The molecule has 0 atom stereocenters. The van der Waals surface area contributed by atoms with Crippen molar-refractivity contribution in [1.29, 1.82) is 5.26 Å². The molecule has 0 fully saturated rings. The van der Waals surface area contributed by atoms with E-state index in [1.807, 2.05) is 36.4 Å². The van der Waals surface area contributed by atoms with Gasteiger partial charge in [-0.3, -0.25) is 4.79 Å². The summed E-state index contributed by atoms with van der Waals surface area (Å²) in [6.07, 6.45) is 0. The minimum Gasteiger partial charge on any atom is -0.334 e. The van der Waals surface area contributed by atoms with Crippen molar-refractivity contribution in [3.63, 3.8) is 0 Å². The van der Waals surface area contributed by atoms with E-state index in [-0.39, 0.29) is 11.9 Å². The molecule has 138 valence electrons. The van der Waals surface area contributed by atoms with Crippen LogP contribution in [-0.2, 0) is 6.54 Å². The van der Waals surface area contributed by atoms with Gasteiger partial charge in [-0.15, -0.1) is 0 Å². The Balaban J connectivity index is 1.60. The first-order valence-corrected chi connectivity index (χ1v) is 8.64. The first kappa shape index (κ1) is 18.7. The predicted molar refractivity (Wildman–Crippen MR) is 108 cm³/mol. The summed E-state index contributed by atoms with van der Waals surface area (Å²) in [5.74, 6) is -0.330. The Morgan fingerprint density at radius 1 is 0.821 bits per heavy atom. The summed E-state index contributed by atoms with van der Waals surface area (Å²) in [6, 6.07) is 24.5. The first-order valence-electron chi connectivity index (χ1n) is 8.64. The molecule has 0 bridgehead atoms. The SMILES string of the molecule is N#Cc1cccc(NC(=O)c2cccc(NC(=O)NCc3ccccc3)c2)c1. The van der Waals surface area contributed by atoms with Gasteiger partial charge in [-0.05, 0) is 42.0 Å². The minimum atomic E-state index is -0.358. The largest absolute Gasteiger partial charge is 0.334 e. The molecule has 0 saturated heterocycles. The van der Waals surface area contributed by atoms with Crippen molar-refractivity contribution in [3.8, 4) is 6.07 Å². The summed E-state index contributed by atoms with van der Waals surface area (Å²) in [7, 11) is 0. The Morgan fingerprint density at radius 3 is 2.29 bits per heavy atom. The highest BCUT2D eigenvalue weighted by molar-refractivity contribution is 6.05. The van der Waals surface area contributed by atoms with Crippen LogP contribution in [0.3, 0.4) is 0 Å². The number of rotatable bonds is 5. The molecule has 0 radical (unpaired) electrons. The average Bonchev–Trinajstić information content (AvgIpc) is 2.73. The summed E-state index contributed by atoms with van der Waals surface area (Å²) < 4.78 is 0. The van der Waals surface area contributed by atoms with E-state index in [2.05, 4.69) is 16.0 Å². The molecule has 28 heavy (non-hydrogen) atoms. The van der Waals surface area contributed by atoms with Gasteiger partial charge in [0.2, 0.25) is 0 Å².